The van der Waals surface area contributed by atoms with Gasteiger partial charge >= 0.3 is 0 Å². The van der Waals surface area contributed by atoms with Crippen molar-refractivity contribution in [3.63, 3.8) is 0 Å². The van der Waals surface area contributed by atoms with E-state index in [-0.39, 0.29) is 49.3 Å². The lowest BCUT2D eigenvalue weighted by Crippen LogP contribution is -2.26. The first-order valence-corrected chi connectivity index (χ1v) is 8.94. The third-order valence-corrected chi connectivity index (χ3v) is 4.79. The van der Waals surface area contributed by atoms with E-state index in [2.05, 4.69) is 12.1 Å². The Kier molecular flexibility index (Phi) is 9.17. The Hall–Kier alpha value is -1.86. The van der Waals surface area contributed by atoms with Crippen LogP contribution < -0.4 is 16.2 Å². The minimum absolute atomic E-state index is 0. The molecule has 154 valence electrons. The number of aromatic nitrogens is 1. The molecule has 1 amide bonds. The Balaban J connectivity index is 0.00000196. The number of benzene rings is 1. The van der Waals surface area contributed by atoms with Crippen molar-refractivity contribution < 1.29 is 14.6 Å². The van der Waals surface area contributed by atoms with E-state index >= 15 is 0 Å². The van der Waals surface area contributed by atoms with E-state index in [4.69, 9.17) is 21.2 Å². The summed E-state index contributed by atoms with van der Waals surface area (Å²) < 4.78 is 5.68. The van der Waals surface area contributed by atoms with E-state index in [1.54, 1.807) is 0 Å². The van der Waals surface area contributed by atoms with Crippen molar-refractivity contribution in [2.45, 2.75) is 38.2 Å². The molecule has 1 unspecified atom stereocenters. The number of nitrogens with zero attached hydrogens (tertiary/aromatic N) is 1. The number of hydrogen-bond donors (Lipinski definition) is 3. The summed E-state index contributed by atoms with van der Waals surface area (Å²) in [7, 11) is 0. The standard InChI is InChI=1S/C20H25N3O3.2ClH/c1-2-26-18-10-16(14-7-12-5-3-4-6-13(12)8-14)23-17(9-15(24)11-21)19(18)20(22)25;;/h3-6,10,14-15,24H,2,7-9,11,21H2,1H3,(H2,22,25);2*1H. The molecule has 8 heteroatoms. The van der Waals surface area contributed by atoms with Crippen molar-refractivity contribution in [2.24, 2.45) is 11.5 Å². The van der Waals surface area contributed by atoms with Crippen molar-refractivity contribution in [3.05, 3.63) is 58.4 Å². The van der Waals surface area contributed by atoms with Gasteiger partial charge in [0, 0.05) is 30.6 Å². The maximum absolute atomic E-state index is 12.0. The number of aliphatic hydroxyl groups is 1. The molecule has 2 aromatic rings. The van der Waals surface area contributed by atoms with Crippen LogP contribution in [0.25, 0.3) is 0 Å². The summed E-state index contributed by atoms with van der Waals surface area (Å²) in [6.45, 7) is 2.35. The topological polar surface area (TPSA) is 111 Å². The molecule has 0 saturated carbocycles. The van der Waals surface area contributed by atoms with Crippen molar-refractivity contribution in [3.8, 4) is 5.75 Å². The number of primary amides is 1. The summed E-state index contributed by atoms with van der Waals surface area (Å²) in [6, 6.07) is 10.2. The zero-order valence-electron chi connectivity index (χ0n) is 15.8. The molecule has 1 aromatic carbocycles. The Morgan fingerprint density at radius 1 is 1.29 bits per heavy atom. The van der Waals surface area contributed by atoms with Crippen LogP contribution in [0.4, 0.5) is 0 Å². The van der Waals surface area contributed by atoms with E-state index in [0.29, 0.717) is 18.1 Å². The average molecular weight is 428 g/mol. The lowest BCUT2D eigenvalue weighted by atomic mass is 9.97. The summed E-state index contributed by atoms with van der Waals surface area (Å²) in [5, 5.41) is 9.98. The number of carbonyl (C=O) groups excluding carboxylic acids is 1. The monoisotopic (exact) mass is 427 g/mol. The predicted molar refractivity (Wildman–Crippen MR) is 114 cm³/mol. The minimum Gasteiger partial charge on any atom is -0.493 e. The number of aliphatic hydroxyl groups excluding tert-OH is 1. The van der Waals surface area contributed by atoms with Gasteiger partial charge in [-0.25, -0.2) is 0 Å². The number of halogens is 2. The van der Waals surface area contributed by atoms with Crippen LogP contribution in [0.2, 0.25) is 0 Å². The van der Waals surface area contributed by atoms with Crippen LogP contribution >= 0.6 is 24.8 Å². The molecule has 5 N–H and O–H groups in total. The smallest absolute Gasteiger partial charge is 0.254 e. The number of hydrogen-bond acceptors (Lipinski definition) is 5. The van der Waals surface area contributed by atoms with Gasteiger partial charge in [-0.05, 0) is 30.9 Å². The molecule has 0 spiro atoms. The van der Waals surface area contributed by atoms with Crippen LogP contribution in [0, 0.1) is 0 Å². The number of amides is 1. The zero-order chi connectivity index (χ0) is 18.7. The molecular formula is C20H27Cl2N3O3. The van der Waals surface area contributed by atoms with Gasteiger partial charge in [0.1, 0.15) is 11.3 Å². The van der Waals surface area contributed by atoms with E-state index < -0.39 is 12.0 Å². The molecule has 0 radical (unpaired) electrons. The molecule has 1 atom stereocenters. The van der Waals surface area contributed by atoms with Gasteiger partial charge < -0.3 is 21.3 Å². The summed E-state index contributed by atoms with van der Waals surface area (Å²) >= 11 is 0. The first-order valence-electron chi connectivity index (χ1n) is 8.94. The summed E-state index contributed by atoms with van der Waals surface area (Å²) in [5.74, 6) is 0.0314. The fourth-order valence-electron chi connectivity index (χ4n) is 3.56. The molecule has 0 bridgehead atoms. The van der Waals surface area contributed by atoms with Crippen molar-refractivity contribution in [1.29, 1.82) is 0 Å². The highest BCUT2D eigenvalue weighted by molar-refractivity contribution is 5.96. The lowest BCUT2D eigenvalue weighted by molar-refractivity contribution is 0.0994. The Bertz CT molecular complexity index is 792. The van der Waals surface area contributed by atoms with Crippen LogP contribution in [0.1, 0.15) is 45.7 Å². The van der Waals surface area contributed by atoms with E-state index in [1.165, 1.54) is 11.1 Å². The van der Waals surface area contributed by atoms with Crippen LogP contribution in [0.5, 0.6) is 5.75 Å². The van der Waals surface area contributed by atoms with E-state index in [0.717, 1.165) is 18.5 Å². The van der Waals surface area contributed by atoms with Gasteiger partial charge in [0.05, 0.1) is 18.4 Å². The first kappa shape index (κ1) is 24.2. The molecular weight excluding hydrogens is 401 g/mol. The second-order valence-corrected chi connectivity index (χ2v) is 6.63. The van der Waals surface area contributed by atoms with Gasteiger partial charge in [-0.15, -0.1) is 24.8 Å². The highest BCUT2D eigenvalue weighted by atomic mass is 35.5. The van der Waals surface area contributed by atoms with Gasteiger partial charge in [-0.3, -0.25) is 9.78 Å². The first-order chi connectivity index (χ1) is 12.5. The maximum atomic E-state index is 12.0. The SMILES string of the molecule is CCOc1cc(C2Cc3ccccc3C2)nc(CC(O)CN)c1C(N)=O.Cl.Cl. The lowest BCUT2D eigenvalue weighted by Gasteiger charge is -2.18. The molecule has 1 aliphatic rings. The second kappa shape index (κ2) is 10.6. The normalized spacial score (nSPS) is 13.8. The summed E-state index contributed by atoms with van der Waals surface area (Å²) in [4.78, 5) is 16.7. The van der Waals surface area contributed by atoms with Gasteiger partial charge in [0.25, 0.3) is 5.91 Å². The van der Waals surface area contributed by atoms with Crippen molar-refractivity contribution >= 4 is 30.7 Å². The predicted octanol–water partition coefficient (Wildman–Crippen LogP) is 2.17. The molecule has 28 heavy (non-hydrogen) atoms. The third-order valence-electron chi connectivity index (χ3n) is 4.79. The highest BCUT2D eigenvalue weighted by Crippen LogP contribution is 2.35. The molecule has 3 rings (SSSR count). The second-order valence-electron chi connectivity index (χ2n) is 6.63. The average Bonchev–Trinajstić information content (AvgIpc) is 3.05. The largest absolute Gasteiger partial charge is 0.493 e. The quantitative estimate of drug-likeness (QED) is 0.626. The number of rotatable bonds is 7. The van der Waals surface area contributed by atoms with Crippen molar-refractivity contribution in [2.75, 3.05) is 13.2 Å². The summed E-state index contributed by atoms with van der Waals surface area (Å²) in [5.41, 5.74) is 15.3. The molecule has 0 saturated heterocycles. The zero-order valence-corrected chi connectivity index (χ0v) is 17.4. The number of carbonyl (C=O) groups is 1. The van der Waals surface area contributed by atoms with E-state index in [9.17, 15) is 9.90 Å². The van der Waals surface area contributed by atoms with Gasteiger partial charge in [-0.1, -0.05) is 24.3 Å². The van der Waals surface area contributed by atoms with Gasteiger partial charge in [-0.2, -0.15) is 0 Å². The Morgan fingerprint density at radius 2 is 1.89 bits per heavy atom. The summed E-state index contributed by atoms with van der Waals surface area (Å²) in [6.07, 6.45) is 1.17. The molecule has 1 aromatic heterocycles. The fourth-order valence-corrected chi connectivity index (χ4v) is 3.56. The number of ether oxygens (including phenoxy) is 1. The van der Waals surface area contributed by atoms with Crippen LogP contribution in [-0.2, 0) is 19.3 Å². The van der Waals surface area contributed by atoms with Gasteiger partial charge in [0.2, 0.25) is 0 Å². The number of nitrogens with two attached hydrogens (primary N) is 2. The molecule has 1 heterocycles. The van der Waals surface area contributed by atoms with Crippen molar-refractivity contribution in [1.82, 2.24) is 4.98 Å². The highest BCUT2D eigenvalue weighted by Gasteiger charge is 2.27. The van der Waals surface area contributed by atoms with E-state index in [1.807, 2.05) is 25.1 Å². The Labute approximate surface area is 177 Å². The van der Waals surface area contributed by atoms with Crippen LogP contribution in [0.3, 0.4) is 0 Å². The Morgan fingerprint density at radius 3 is 2.39 bits per heavy atom. The molecule has 0 fully saturated rings. The number of fused-ring (bicyclic) bond motifs is 1. The van der Waals surface area contributed by atoms with Gasteiger partial charge in [0.15, 0.2) is 0 Å². The molecule has 6 nitrogen and oxygen atoms in total. The fraction of sp³-hybridized carbons (Fsp3) is 0.400. The maximum Gasteiger partial charge on any atom is 0.254 e. The van der Waals surface area contributed by atoms with Crippen LogP contribution in [0.15, 0.2) is 30.3 Å². The third kappa shape index (κ3) is 5.14. The number of pyridine rings is 1. The molecule has 0 aliphatic heterocycles. The minimum atomic E-state index is -0.786. The van der Waals surface area contributed by atoms with Crippen LogP contribution in [-0.4, -0.2) is 35.3 Å². The molecule has 1 aliphatic carbocycles.